The summed E-state index contributed by atoms with van der Waals surface area (Å²) in [5.41, 5.74) is 15.8. The van der Waals surface area contributed by atoms with Gasteiger partial charge < -0.3 is 100 Å². The Labute approximate surface area is 604 Å². The summed E-state index contributed by atoms with van der Waals surface area (Å²) in [6.45, 7) is 24.8. The molecule has 7 unspecified atom stereocenters. The Morgan fingerprint density at radius 2 is 1.04 bits per heavy atom. The second-order valence-corrected chi connectivity index (χ2v) is 29.9. The standard InChI is InChI=1S/C20H30FN6O8P.C16H24FN6O8P.C10H13FN5O7P.C6H15N.C5H12O2/c1-9(2)33-18(29)10(3)26-36(30)32-6-11-14(31-7-20(4,5)35-36)13(28)17(34-11)27-8-23-12-15(22)24-19(21)25-16(12)27;1-6(2)30-15(26)7(3)22-32(27,28)29-4-8-10(24)11(25)14(31-8)23-5-19-9-12(18)20-16(17)21-13(9)23;11-10-14-7(12)4-8(15-10)16(2-13-4)9-6(18)5(17)3(23-9)1-22-24(19,20)21;1-4-7(5-2)6-3;1-5(2,6-3)7-4/h8-11,13-14,17,28H,6-7H2,1-5H3,(H,26,30)(H2,22,24,25);5-8,10-11,14,24-25H,4H2,1-3H3,(H2,18,20,21)(H2,22,27,28);2-3,5-6,9,17-18H,1H2,(H2,12,14,15)(H2,19,20,21);4-6H2,1-3H3;1-4H3/t10?,11-,13-,14?,17-,36?;7?,8-,10?,11-,14-;3-,5?,6-,9-;;/m111../s1. The summed E-state index contributed by atoms with van der Waals surface area (Å²) in [6.07, 6.45) is -15.8. The number of hydrogen-bond acceptors (Lipinski definition) is 35. The zero-order chi connectivity index (χ0) is 79.5. The third-order valence-electron chi connectivity index (χ3n) is 15.7. The number of fused-ring (bicyclic) bond motifs is 4. The van der Waals surface area contributed by atoms with Gasteiger partial charge in [0.25, 0.3) is 0 Å². The monoisotopic (exact) mass is 1580 g/mol. The quantitative estimate of drug-likeness (QED) is 0.0194. The fourth-order valence-electron chi connectivity index (χ4n) is 10.1. The Morgan fingerprint density at radius 3 is 1.40 bits per heavy atom. The number of aliphatic hydroxyl groups excluding tert-OH is 5. The Bertz CT molecular complexity index is 4040. The molecule has 0 aliphatic carbocycles. The second kappa shape index (κ2) is 37.4. The van der Waals surface area contributed by atoms with Gasteiger partial charge in [-0.2, -0.15) is 43.1 Å². The van der Waals surface area contributed by atoms with Crippen LogP contribution in [0.15, 0.2) is 19.0 Å². The zero-order valence-electron chi connectivity index (χ0n) is 60.5. The number of nitrogens with two attached hydrogens (primary N) is 3. The van der Waals surface area contributed by atoms with E-state index >= 15 is 0 Å². The van der Waals surface area contributed by atoms with E-state index in [-0.39, 0.29) is 70.3 Å². The molecular formula is C57H94F3N18O25P3. The first kappa shape index (κ1) is 88.5. The van der Waals surface area contributed by atoms with E-state index in [0.29, 0.717) is 0 Å². The summed E-state index contributed by atoms with van der Waals surface area (Å²) in [6, 6.07) is -2.16. The molecule has 0 bridgehead atoms. The smallest absolute Gasteiger partial charge is 0.462 e. The van der Waals surface area contributed by atoms with Crippen molar-refractivity contribution in [3.63, 3.8) is 0 Å². The lowest BCUT2D eigenvalue weighted by Crippen LogP contribution is -2.40. The maximum Gasteiger partial charge on any atom is 0.469 e. The molecular weight excluding hydrogens is 1490 g/mol. The molecule has 10 rings (SSSR count). The minimum atomic E-state index is -4.78. The Morgan fingerprint density at radius 1 is 0.651 bits per heavy atom. The maximum atomic E-state index is 13.8. The van der Waals surface area contributed by atoms with Crippen LogP contribution in [0, 0.1) is 18.2 Å². The number of ether oxygens (including phenoxy) is 8. The lowest BCUT2D eigenvalue weighted by atomic mass is 10.1. The van der Waals surface area contributed by atoms with Crippen LogP contribution in [0.3, 0.4) is 0 Å². The van der Waals surface area contributed by atoms with Crippen molar-refractivity contribution in [1.29, 1.82) is 0 Å². The second-order valence-electron chi connectivity index (χ2n) is 25.4. The topological polar surface area (TPSA) is 594 Å². The van der Waals surface area contributed by atoms with Gasteiger partial charge in [-0.05, 0) is 88.9 Å². The summed E-state index contributed by atoms with van der Waals surface area (Å²) < 4.78 is 144. The average molecular weight is 1580 g/mol. The van der Waals surface area contributed by atoms with Crippen molar-refractivity contribution >= 4 is 86.2 Å². The number of phosphoric ester groups is 1. The van der Waals surface area contributed by atoms with E-state index in [1.54, 1.807) is 55.8 Å². The molecule has 4 fully saturated rings. The minimum absolute atomic E-state index is 0.0185. The minimum Gasteiger partial charge on any atom is -0.462 e. The van der Waals surface area contributed by atoms with Gasteiger partial charge in [0, 0.05) is 14.2 Å². The first-order valence-electron chi connectivity index (χ1n) is 32.7. The predicted octanol–water partition coefficient (Wildman–Crippen LogP) is 0.907. The number of nitrogen functional groups attached to an aromatic ring is 3. The number of rotatable bonds is 22. The van der Waals surface area contributed by atoms with E-state index in [9.17, 15) is 66.9 Å². The summed E-state index contributed by atoms with van der Waals surface area (Å²) in [5.74, 6) is -2.41. The molecule has 0 aromatic carbocycles. The molecule has 16 atom stereocenters. The Balaban J connectivity index is 0.000000231. The fourth-order valence-corrected chi connectivity index (χ4v) is 13.2. The number of esters is 2. The highest BCUT2D eigenvalue weighted by molar-refractivity contribution is 7.51. The van der Waals surface area contributed by atoms with Crippen molar-refractivity contribution in [2.45, 2.75) is 199 Å². The summed E-state index contributed by atoms with van der Waals surface area (Å²) in [7, 11) is -10.1. The molecule has 106 heavy (non-hydrogen) atoms. The number of carbonyl (C=O) groups excluding carboxylic acids is 2. The van der Waals surface area contributed by atoms with Crippen LogP contribution in [0.4, 0.5) is 30.6 Å². The van der Waals surface area contributed by atoms with E-state index in [2.05, 4.69) is 85.2 Å². The summed E-state index contributed by atoms with van der Waals surface area (Å²) in [5, 5.41) is 56.4. The van der Waals surface area contributed by atoms with Crippen molar-refractivity contribution in [3.8, 4) is 0 Å². The molecule has 10 heterocycles. The van der Waals surface area contributed by atoms with Crippen LogP contribution in [0.25, 0.3) is 33.5 Å². The first-order chi connectivity index (χ1) is 49.3. The highest BCUT2D eigenvalue weighted by Gasteiger charge is 2.51. The van der Waals surface area contributed by atoms with E-state index in [0.717, 1.165) is 15.5 Å². The van der Waals surface area contributed by atoms with Gasteiger partial charge in [0.1, 0.15) is 67.0 Å². The van der Waals surface area contributed by atoms with E-state index in [1.807, 2.05) is 13.8 Å². The number of halogens is 3. The molecule has 4 aliphatic heterocycles. The molecule has 6 aromatic rings. The molecule has 4 aliphatic rings. The number of nitrogens with zero attached hydrogens (tertiary/aromatic N) is 13. The number of aliphatic hydroxyl groups is 5. The third-order valence-corrected chi connectivity index (χ3v) is 19.4. The molecule has 0 amide bonds. The van der Waals surface area contributed by atoms with Gasteiger partial charge in [-0.1, -0.05) is 20.8 Å². The zero-order valence-corrected chi connectivity index (χ0v) is 63.1. The molecule has 598 valence electrons. The van der Waals surface area contributed by atoms with Gasteiger partial charge in [-0.3, -0.25) is 41.4 Å². The third kappa shape index (κ3) is 23.6. The molecule has 16 N–H and O–H groups in total. The van der Waals surface area contributed by atoms with Crippen molar-refractivity contribution in [3.05, 3.63) is 37.2 Å². The highest BCUT2D eigenvalue weighted by atomic mass is 31.2. The number of phosphoric acid groups is 1. The molecule has 43 nitrogen and oxygen atoms in total. The maximum absolute atomic E-state index is 13.8. The fraction of sp³-hybridized carbons (Fsp3) is 0.702. The van der Waals surface area contributed by atoms with Crippen molar-refractivity contribution < 1.29 is 133 Å². The van der Waals surface area contributed by atoms with Crippen molar-refractivity contribution in [2.75, 3.05) is 77.5 Å². The molecule has 0 spiro atoms. The number of anilines is 3. The predicted molar refractivity (Wildman–Crippen MR) is 362 cm³/mol. The van der Waals surface area contributed by atoms with Crippen LogP contribution in [0.2, 0.25) is 0 Å². The van der Waals surface area contributed by atoms with Crippen LogP contribution in [-0.2, 0) is 79.3 Å². The number of aromatic nitrogens is 12. The summed E-state index contributed by atoms with van der Waals surface area (Å²) >= 11 is 0. The number of nitrogens with one attached hydrogen (secondary N) is 2. The molecule has 0 radical (unpaired) electrons. The average Bonchev–Trinajstić information content (AvgIpc) is 1.60. The van der Waals surface area contributed by atoms with Crippen LogP contribution in [0.5, 0.6) is 0 Å². The molecule has 6 aromatic heterocycles. The Hall–Kier alpha value is -6.37. The molecule has 4 saturated heterocycles. The van der Waals surface area contributed by atoms with E-state index in [4.69, 9.17) is 78.5 Å². The van der Waals surface area contributed by atoms with Gasteiger partial charge in [-0.25, -0.2) is 38.8 Å². The van der Waals surface area contributed by atoms with Gasteiger partial charge in [-0.15, -0.1) is 0 Å². The lowest BCUT2D eigenvalue weighted by molar-refractivity contribution is -0.178. The van der Waals surface area contributed by atoms with Gasteiger partial charge in [0.15, 0.2) is 75.4 Å². The number of methoxy groups -OCH3 is 2. The lowest BCUT2D eigenvalue weighted by Gasteiger charge is -2.31. The van der Waals surface area contributed by atoms with Gasteiger partial charge >= 0.3 is 53.5 Å². The number of carbonyl (C=O) groups is 2. The van der Waals surface area contributed by atoms with Gasteiger partial charge in [0.2, 0.25) is 0 Å². The highest BCUT2D eigenvalue weighted by Crippen LogP contribution is 2.51. The SMILES string of the molecule is CC(C)OC(=O)C(C)NP(=O)(O)OC[C@H]1O[C@@H](n2cnc3c(N)nc(F)nc32)[C@H](O)C1O.CC(C)OC(=O)C(C)NP1(=O)OC[C@H]2O[C@@H](n3cnc4c(N)nc(F)nc43)[C@H](O)C2OCC(C)(C)O1.CCN(CC)CC.COC(C)(C)OC.Nc1nc(F)nc2c1ncn2[C@@H]1O[C@H](COP(=O)(O)O)C(O)[C@H]1O. The van der Waals surface area contributed by atoms with Crippen LogP contribution < -0.4 is 27.4 Å². The van der Waals surface area contributed by atoms with Crippen LogP contribution >= 0.6 is 23.3 Å². The van der Waals surface area contributed by atoms with Gasteiger partial charge in [0.05, 0.1) is 63.2 Å². The number of hydrogen-bond donors (Lipinski definition) is 13. The number of imidazole rings is 3. The normalized spacial score (nSPS) is 26.4. The van der Waals surface area contributed by atoms with E-state index < -0.39 is 170 Å². The van der Waals surface area contributed by atoms with Crippen LogP contribution in [-0.4, -0.2) is 267 Å². The first-order valence-corrected chi connectivity index (χ1v) is 37.3. The van der Waals surface area contributed by atoms with Crippen molar-refractivity contribution in [1.82, 2.24) is 73.6 Å². The largest absolute Gasteiger partial charge is 0.469 e. The van der Waals surface area contributed by atoms with Crippen molar-refractivity contribution in [2.24, 2.45) is 0 Å². The summed E-state index contributed by atoms with van der Waals surface area (Å²) in [4.78, 5) is 86.6. The Kier molecular flexibility index (Phi) is 31.2. The molecule has 0 saturated carbocycles. The van der Waals surface area contributed by atoms with E-state index in [1.165, 1.54) is 50.7 Å². The molecule has 49 heteroatoms. The van der Waals surface area contributed by atoms with Crippen LogP contribution in [0.1, 0.15) is 109 Å².